The summed E-state index contributed by atoms with van der Waals surface area (Å²) in [6, 6.07) is 3.21. The SMILES string of the molecule is Cc1cnn(CCNc2ccc(C(N)=O)nn2)c1. The highest BCUT2D eigenvalue weighted by atomic mass is 16.1. The van der Waals surface area contributed by atoms with E-state index in [-0.39, 0.29) is 5.69 Å². The second-order valence-electron chi connectivity index (χ2n) is 3.88. The zero-order valence-electron chi connectivity index (χ0n) is 10.00. The molecule has 2 heterocycles. The number of hydrogen-bond donors (Lipinski definition) is 2. The number of rotatable bonds is 5. The number of carbonyl (C=O) groups excluding carboxylic acids is 1. The fraction of sp³-hybridized carbons (Fsp3) is 0.273. The highest BCUT2D eigenvalue weighted by molar-refractivity contribution is 5.90. The Morgan fingerprint density at radius 2 is 2.28 bits per heavy atom. The predicted molar refractivity (Wildman–Crippen MR) is 66.0 cm³/mol. The molecule has 94 valence electrons. The molecule has 7 heteroatoms. The number of hydrogen-bond acceptors (Lipinski definition) is 5. The first kappa shape index (κ1) is 12.0. The second-order valence-corrected chi connectivity index (χ2v) is 3.88. The Morgan fingerprint density at radius 1 is 1.44 bits per heavy atom. The van der Waals surface area contributed by atoms with Crippen LogP contribution in [-0.4, -0.2) is 32.4 Å². The zero-order valence-corrected chi connectivity index (χ0v) is 10.00. The molecule has 0 atom stereocenters. The number of primary amides is 1. The van der Waals surface area contributed by atoms with E-state index in [0.717, 1.165) is 12.1 Å². The summed E-state index contributed by atoms with van der Waals surface area (Å²) >= 11 is 0. The Bertz CT molecular complexity index is 533. The maximum Gasteiger partial charge on any atom is 0.269 e. The third-order valence-corrected chi connectivity index (χ3v) is 2.33. The molecule has 1 amide bonds. The lowest BCUT2D eigenvalue weighted by Crippen LogP contribution is -2.15. The van der Waals surface area contributed by atoms with Crippen molar-refractivity contribution in [1.82, 2.24) is 20.0 Å². The normalized spacial score (nSPS) is 10.3. The van der Waals surface area contributed by atoms with Crippen LogP contribution in [0.25, 0.3) is 0 Å². The van der Waals surface area contributed by atoms with Crippen molar-refractivity contribution in [2.24, 2.45) is 5.73 Å². The summed E-state index contributed by atoms with van der Waals surface area (Å²) < 4.78 is 1.84. The van der Waals surface area contributed by atoms with Gasteiger partial charge < -0.3 is 11.1 Å². The molecule has 2 aromatic rings. The monoisotopic (exact) mass is 246 g/mol. The van der Waals surface area contributed by atoms with Gasteiger partial charge in [-0.15, -0.1) is 10.2 Å². The number of carbonyl (C=O) groups is 1. The molecule has 0 bridgehead atoms. The molecule has 18 heavy (non-hydrogen) atoms. The lowest BCUT2D eigenvalue weighted by Gasteiger charge is -2.05. The van der Waals surface area contributed by atoms with Gasteiger partial charge in [-0.2, -0.15) is 5.10 Å². The molecular formula is C11H14N6O. The van der Waals surface area contributed by atoms with Crippen LogP contribution in [0.4, 0.5) is 5.82 Å². The van der Waals surface area contributed by atoms with Gasteiger partial charge in [0.05, 0.1) is 12.7 Å². The van der Waals surface area contributed by atoms with E-state index in [2.05, 4.69) is 20.6 Å². The summed E-state index contributed by atoms with van der Waals surface area (Å²) in [5.74, 6) is 0.0185. The molecule has 7 nitrogen and oxygen atoms in total. The van der Waals surface area contributed by atoms with Crippen molar-refractivity contribution in [2.75, 3.05) is 11.9 Å². The van der Waals surface area contributed by atoms with Crippen molar-refractivity contribution in [2.45, 2.75) is 13.5 Å². The number of nitrogens with zero attached hydrogens (tertiary/aromatic N) is 4. The first-order valence-electron chi connectivity index (χ1n) is 5.51. The molecule has 0 aliphatic rings. The van der Waals surface area contributed by atoms with Crippen molar-refractivity contribution >= 4 is 11.7 Å². The van der Waals surface area contributed by atoms with Gasteiger partial charge in [-0.1, -0.05) is 0 Å². The fourth-order valence-corrected chi connectivity index (χ4v) is 1.45. The minimum atomic E-state index is -0.582. The van der Waals surface area contributed by atoms with E-state index in [1.54, 1.807) is 6.07 Å². The third-order valence-electron chi connectivity index (χ3n) is 2.33. The van der Waals surface area contributed by atoms with Crippen molar-refractivity contribution < 1.29 is 4.79 Å². The van der Waals surface area contributed by atoms with E-state index in [1.807, 2.05) is 24.0 Å². The van der Waals surface area contributed by atoms with Crippen LogP contribution in [0.15, 0.2) is 24.5 Å². The quantitative estimate of drug-likeness (QED) is 0.784. The van der Waals surface area contributed by atoms with Gasteiger partial charge in [0.2, 0.25) is 0 Å². The first-order chi connectivity index (χ1) is 8.65. The smallest absolute Gasteiger partial charge is 0.269 e. The summed E-state index contributed by atoms with van der Waals surface area (Å²) in [5.41, 5.74) is 6.35. The van der Waals surface area contributed by atoms with Crippen LogP contribution in [-0.2, 0) is 6.54 Å². The molecular weight excluding hydrogens is 232 g/mol. The van der Waals surface area contributed by atoms with E-state index in [1.165, 1.54) is 6.07 Å². The van der Waals surface area contributed by atoms with Gasteiger partial charge in [-0.3, -0.25) is 9.48 Å². The van der Waals surface area contributed by atoms with E-state index in [0.29, 0.717) is 12.4 Å². The van der Waals surface area contributed by atoms with Gasteiger partial charge in [0, 0.05) is 12.7 Å². The first-order valence-corrected chi connectivity index (χ1v) is 5.51. The Balaban J connectivity index is 1.85. The van der Waals surface area contributed by atoms with Crippen molar-refractivity contribution in [3.63, 3.8) is 0 Å². The highest BCUT2D eigenvalue weighted by Crippen LogP contribution is 2.01. The number of nitrogens with one attached hydrogen (secondary N) is 1. The molecule has 0 fully saturated rings. The molecule has 0 radical (unpaired) electrons. The number of aromatic nitrogens is 4. The number of amides is 1. The van der Waals surface area contributed by atoms with Gasteiger partial charge in [-0.25, -0.2) is 0 Å². The Hall–Kier alpha value is -2.44. The fourth-order valence-electron chi connectivity index (χ4n) is 1.45. The summed E-state index contributed by atoms with van der Waals surface area (Å²) in [4.78, 5) is 10.8. The predicted octanol–water partition coefficient (Wildman–Crippen LogP) is 0.193. The molecule has 0 aliphatic heterocycles. The topological polar surface area (TPSA) is 98.7 Å². The molecule has 0 aliphatic carbocycles. The Morgan fingerprint density at radius 3 is 2.83 bits per heavy atom. The summed E-state index contributed by atoms with van der Waals surface area (Å²) in [5, 5.41) is 14.8. The maximum atomic E-state index is 10.8. The minimum absolute atomic E-state index is 0.156. The second kappa shape index (κ2) is 5.26. The van der Waals surface area contributed by atoms with Crippen molar-refractivity contribution in [3.8, 4) is 0 Å². The molecule has 2 aromatic heterocycles. The van der Waals surface area contributed by atoms with Crippen LogP contribution < -0.4 is 11.1 Å². The van der Waals surface area contributed by atoms with E-state index < -0.39 is 5.91 Å². The number of anilines is 1. The molecule has 0 saturated carbocycles. The van der Waals surface area contributed by atoms with Crippen molar-refractivity contribution in [3.05, 3.63) is 35.8 Å². The molecule has 0 unspecified atom stereocenters. The molecule has 3 N–H and O–H groups in total. The van der Waals surface area contributed by atoms with Gasteiger partial charge in [0.25, 0.3) is 5.91 Å². The standard InChI is InChI=1S/C11H14N6O/c1-8-6-14-17(7-8)5-4-13-10-3-2-9(11(12)18)15-16-10/h2-3,6-7H,4-5H2,1H3,(H2,12,18)(H,13,16). The summed E-state index contributed by atoms with van der Waals surface area (Å²) in [6.07, 6.45) is 3.77. The van der Waals surface area contributed by atoms with Gasteiger partial charge in [0.15, 0.2) is 5.69 Å². The van der Waals surface area contributed by atoms with Crippen LogP contribution in [0.5, 0.6) is 0 Å². The van der Waals surface area contributed by atoms with E-state index in [4.69, 9.17) is 5.73 Å². The number of nitrogens with two attached hydrogens (primary N) is 1. The average Bonchev–Trinajstić information content (AvgIpc) is 2.76. The highest BCUT2D eigenvalue weighted by Gasteiger charge is 2.02. The van der Waals surface area contributed by atoms with Crippen LogP contribution in [0.1, 0.15) is 16.1 Å². The lowest BCUT2D eigenvalue weighted by molar-refractivity contribution is 0.0994. The maximum absolute atomic E-state index is 10.8. The number of aryl methyl sites for hydroxylation is 1. The Labute approximate surface area is 104 Å². The van der Waals surface area contributed by atoms with Crippen LogP contribution in [0.3, 0.4) is 0 Å². The van der Waals surface area contributed by atoms with Crippen LogP contribution in [0, 0.1) is 6.92 Å². The molecule has 0 aromatic carbocycles. The van der Waals surface area contributed by atoms with Gasteiger partial charge in [0.1, 0.15) is 5.82 Å². The molecule has 0 spiro atoms. The average molecular weight is 246 g/mol. The van der Waals surface area contributed by atoms with E-state index in [9.17, 15) is 4.79 Å². The van der Waals surface area contributed by atoms with Gasteiger partial charge >= 0.3 is 0 Å². The molecule has 2 rings (SSSR count). The third kappa shape index (κ3) is 3.03. The zero-order chi connectivity index (χ0) is 13.0. The largest absolute Gasteiger partial charge is 0.367 e. The minimum Gasteiger partial charge on any atom is -0.367 e. The van der Waals surface area contributed by atoms with E-state index >= 15 is 0 Å². The lowest BCUT2D eigenvalue weighted by atomic mass is 10.4. The van der Waals surface area contributed by atoms with Crippen LogP contribution in [0.2, 0.25) is 0 Å². The molecule has 0 saturated heterocycles. The summed E-state index contributed by atoms with van der Waals surface area (Å²) in [7, 11) is 0. The Kier molecular flexibility index (Phi) is 3.52. The summed E-state index contributed by atoms with van der Waals surface area (Å²) in [6.45, 7) is 3.39. The van der Waals surface area contributed by atoms with Gasteiger partial charge in [-0.05, 0) is 24.6 Å². The van der Waals surface area contributed by atoms with Crippen LogP contribution >= 0.6 is 0 Å². The van der Waals surface area contributed by atoms with Crippen molar-refractivity contribution in [1.29, 1.82) is 0 Å².